The highest BCUT2D eigenvalue weighted by molar-refractivity contribution is 7.29. The second-order valence-corrected chi connectivity index (χ2v) is 9.29. The van der Waals surface area contributed by atoms with Crippen LogP contribution in [-0.2, 0) is 4.79 Å². The molecule has 1 aliphatic rings. The van der Waals surface area contributed by atoms with Crippen LogP contribution in [0.5, 0.6) is 0 Å². The number of anilines is 3. The number of benzene rings is 1. The van der Waals surface area contributed by atoms with Crippen molar-refractivity contribution < 1.29 is 9.59 Å². The molecule has 0 atom stereocenters. The number of thiazole rings is 1. The Balaban J connectivity index is 1.47. The zero-order chi connectivity index (χ0) is 21.3. The first kappa shape index (κ1) is 20.9. The number of fused-ring (bicyclic) bond motifs is 1. The van der Waals surface area contributed by atoms with Crippen molar-refractivity contribution in [3.05, 3.63) is 34.2 Å². The summed E-state index contributed by atoms with van der Waals surface area (Å²) in [7, 11) is 0. The van der Waals surface area contributed by atoms with E-state index in [1.807, 2.05) is 17.0 Å². The number of halogens is 1. The van der Waals surface area contributed by atoms with Crippen molar-refractivity contribution in [3.8, 4) is 0 Å². The average molecular weight is 464 g/mol. The lowest BCUT2D eigenvalue weighted by molar-refractivity contribution is -0.120. The number of aromatic nitrogens is 1. The van der Waals surface area contributed by atoms with Crippen LogP contribution in [0.15, 0.2) is 24.3 Å². The van der Waals surface area contributed by atoms with E-state index in [2.05, 4.69) is 34.4 Å². The number of piperazine rings is 1. The van der Waals surface area contributed by atoms with Gasteiger partial charge >= 0.3 is 0 Å². The van der Waals surface area contributed by atoms with Crippen molar-refractivity contribution in [2.75, 3.05) is 47.8 Å². The van der Waals surface area contributed by atoms with Crippen LogP contribution in [-0.4, -0.2) is 49.5 Å². The molecule has 0 spiro atoms. The standard InChI is InChI=1S/C20H22ClN5O2S2/c1-3-25(4-2)20-24-19-16(30-20)10-15(29-19)18(28)23-12-5-6-14(13(21)9-12)26-8-7-22-17(27)11-26/h5-6,9-10H,3-4,7-8,11H2,1-2H3,(H,22,27)(H,23,28). The average Bonchev–Trinajstić information content (AvgIpc) is 3.28. The van der Waals surface area contributed by atoms with Gasteiger partial charge in [-0.05, 0) is 38.1 Å². The van der Waals surface area contributed by atoms with Gasteiger partial charge in [-0.1, -0.05) is 22.9 Å². The number of thiophene rings is 1. The summed E-state index contributed by atoms with van der Waals surface area (Å²) >= 11 is 9.42. The smallest absolute Gasteiger partial charge is 0.265 e. The molecule has 2 N–H and O–H groups in total. The molecular formula is C20H22ClN5O2S2. The number of hydrogen-bond donors (Lipinski definition) is 2. The molecule has 3 aromatic rings. The van der Waals surface area contributed by atoms with Crippen molar-refractivity contribution in [2.45, 2.75) is 13.8 Å². The third-order valence-electron chi connectivity index (χ3n) is 4.92. The van der Waals surface area contributed by atoms with E-state index in [1.165, 1.54) is 11.3 Å². The highest BCUT2D eigenvalue weighted by atomic mass is 35.5. The molecule has 30 heavy (non-hydrogen) atoms. The number of hydrogen-bond acceptors (Lipinski definition) is 7. The minimum absolute atomic E-state index is 0.0230. The molecule has 1 fully saturated rings. The minimum atomic E-state index is -0.184. The molecule has 7 nitrogen and oxygen atoms in total. The van der Waals surface area contributed by atoms with Crippen LogP contribution >= 0.6 is 34.3 Å². The van der Waals surface area contributed by atoms with Gasteiger partial charge in [-0.15, -0.1) is 11.3 Å². The van der Waals surface area contributed by atoms with E-state index in [9.17, 15) is 9.59 Å². The topological polar surface area (TPSA) is 77.6 Å². The normalized spacial score (nSPS) is 14.1. The fourth-order valence-electron chi connectivity index (χ4n) is 3.34. The molecule has 0 radical (unpaired) electrons. The van der Waals surface area contributed by atoms with Gasteiger partial charge in [-0.2, -0.15) is 0 Å². The van der Waals surface area contributed by atoms with Crippen LogP contribution in [0.3, 0.4) is 0 Å². The van der Waals surface area contributed by atoms with E-state index in [-0.39, 0.29) is 18.4 Å². The molecule has 1 saturated heterocycles. The van der Waals surface area contributed by atoms with Gasteiger partial charge < -0.3 is 20.4 Å². The van der Waals surface area contributed by atoms with Gasteiger partial charge in [0.05, 0.1) is 26.8 Å². The van der Waals surface area contributed by atoms with E-state index in [1.54, 1.807) is 23.5 Å². The largest absolute Gasteiger partial charge is 0.359 e. The Morgan fingerprint density at radius 3 is 2.77 bits per heavy atom. The van der Waals surface area contributed by atoms with Gasteiger partial charge in [0.1, 0.15) is 4.83 Å². The Hall–Kier alpha value is -2.36. The molecule has 0 aliphatic carbocycles. The van der Waals surface area contributed by atoms with Gasteiger partial charge in [-0.3, -0.25) is 9.59 Å². The maximum absolute atomic E-state index is 12.7. The molecule has 0 unspecified atom stereocenters. The number of rotatable bonds is 6. The molecule has 10 heteroatoms. The van der Waals surface area contributed by atoms with E-state index >= 15 is 0 Å². The molecule has 0 saturated carbocycles. The number of nitrogens with zero attached hydrogens (tertiary/aromatic N) is 3. The lowest BCUT2D eigenvalue weighted by Gasteiger charge is -2.29. The van der Waals surface area contributed by atoms with Crippen LogP contribution < -0.4 is 20.4 Å². The van der Waals surface area contributed by atoms with E-state index in [0.29, 0.717) is 28.7 Å². The fourth-order valence-corrected chi connectivity index (χ4v) is 5.88. The number of carbonyl (C=O) groups excluding carboxylic acids is 2. The lowest BCUT2D eigenvalue weighted by atomic mass is 10.2. The summed E-state index contributed by atoms with van der Waals surface area (Å²) in [6, 6.07) is 7.25. The predicted molar refractivity (Wildman–Crippen MR) is 126 cm³/mol. The Kier molecular flexibility index (Phi) is 6.12. The Morgan fingerprint density at radius 1 is 1.30 bits per heavy atom. The lowest BCUT2D eigenvalue weighted by Crippen LogP contribution is -2.47. The fraction of sp³-hybridized carbons (Fsp3) is 0.350. The summed E-state index contributed by atoms with van der Waals surface area (Å²) in [4.78, 5) is 34.6. The van der Waals surface area contributed by atoms with Crippen molar-refractivity contribution in [1.29, 1.82) is 0 Å². The van der Waals surface area contributed by atoms with Crippen molar-refractivity contribution >= 4 is 72.1 Å². The van der Waals surface area contributed by atoms with Crippen molar-refractivity contribution in [2.24, 2.45) is 0 Å². The van der Waals surface area contributed by atoms with Gasteiger partial charge in [0.2, 0.25) is 5.91 Å². The maximum atomic E-state index is 12.7. The van der Waals surface area contributed by atoms with E-state index < -0.39 is 0 Å². The van der Waals surface area contributed by atoms with Crippen LogP contribution in [0.2, 0.25) is 5.02 Å². The monoisotopic (exact) mass is 463 g/mol. The molecule has 158 valence electrons. The molecule has 4 rings (SSSR count). The van der Waals surface area contributed by atoms with Gasteiger partial charge in [0, 0.05) is 31.9 Å². The van der Waals surface area contributed by atoms with Crippen LogP contribution in [0.4, 0.5) is 16.5 Å². The minimum Gasteiger partial charge on any atom is -0.359 e. The maximum Gasteiger partial charge on any atom is 0.265 e. The summed E-state index contributed by atoms with van der Waals surface area (Å²) in [5, 5.41) is 7.19. The molecule has 2 amide bonds. The highest BCUT2D eigenvalue weighted by Gasteiger charge is 2.20. The van der Waals surface area contributed by atoms with Crippen LogP contribution in [0, 0.1) is 0 Å². The molecule has 1 aromatic carbocycles. The summed E-state index contributed by atoms with van der Waals surface area (Å²) in [5.41, 5.74) is 1.40. The number of carbonyl (C=O) groups is 2. The Bertz CT molecular complexity index is 1060. The van der Waals surface area contributed by atoms with Crippen molar-refractivity contribution in [3.63, 3.8) is 0 Å². The third kappa shape index (κ3) is 4.23. The molecular weight excluding hydrogens is 442 g/mol. The van der Waals surface area contributed by atoms with Gasteiger partial charge in [0.15, 0.2) is 5.13 Å². The molecule has 1 aliphatic heterocycles. The quantitative estimate of drug-likeness (QED) is 0.576. The first-order chi connectivity index (χ1) is 14.5. The Labute approximate surface area is 187 Å². The highest BCUT2D eigenvalue weighted by Crippen LogP contribution is 2.35. The molecule has 3 heterocycles. The van der Waals surface area contributed by atoms with Crippen molar-refractivity contribution in [1.82, 2.24) is 10.3 Å². The molecule has 2 aromatic heterocycles. The first-order valence-corrected chi connectivity index (χ1v) is 11.8. The zero-order valence-electron chi connectivity index (χ0n) is 16.7. The third-order valence-corrected chi connectivity index (χ3v) is 7.44. The molecule has 0 bridgehead atoms. The Morgan fingerprint density at radius 2 is 2.10 bits per heavy atom. The summed E-state index contributed by atoms with van der Waals surface area (Å²) < 4.78 is 1.02. The van der Waals surface area contributed by atoms with Gasteiger partial charge in [0.25, 0.3) is 5.91 Å². The first-order valence-electron chi connectivity index (χ1n) is 9.76. The zero-order valence-corrected chi connectivity index (χ0v) is 19.1. The predicted octanol–water partition coefficient (Wildman–Crippen LogP) is 4.05. The van der Waals surface area contributed by atoms with Crippen LogP contribution in [0.1, 0.15) is 23.5 Å². The summed E-state index contributed by atoms with van der Waals surface area (Å²) in [6.45, 7) is 7.59. The number of nitrogens with one attached hydrogen (secondary N) is 2. The number of amides is 2. The summed E-state index contributed by atoms with van der Waals surface area (Å²) in [5.74, 6) is -0.208. The van der Waals surface area contributed by atoms with E-state index in [4.69, 9.17) is 11.6 Å². The van der Waals surface area contributed by atoms with E-state index in [0.717, 1.165) is 33.4 Å². The van der Waals surface area contributed by atoms with Crippen LogP contribution in [0.25, 0.3) is 9.53 Å². The second kappa shape index (κ2) is 8.79. The summed E-state index contributed by atoms with van der Waals surface area (Å²) in [6.07, 6.45) is 0. The SMILES string of the molecule is CCN(CC)c1nc2sc(C(=O)Nc3ccc(N4CCNC(=O)C4)c(Cl)c3)cc2s1. The second-order valence-electron chi connectivity index (χ2n) is 6.84. The van der Waals surface area contributed by atoms with Gasteiger partial charge in [-0.25, -0.2) is 4.98 Å².